The number of amidine groups is 1. The van der Waals surface area contributed by atoms with Crippen LogP contribution in [-0.4, -0.2) is 22.6 Å². The highest BCUT2D eigenvalue weighted by Crippen LogP contribution is 2.24. The number of oxime groups is 1. The topological polar surface area (TPSA) is 74.7 Å². The molecule has 2 aromatic rings. The van der Waals surface area contributed by atoms with Crippen molar-refractivity contribution in [1.29, 1.82) is 0 Å². The van der Waals surface area contributed by atoms with Gasteiger partial charge in [0.1, 0.15) is 0 Å². The van der Waals surface area contributed by atoms with Crippen molar-refractivity contribution < 1.29 is 5.21 Å². The first-order valence-electron chi connectivity index (χ1n) is 6.88. The molecule has 0 saturated carbocycles. The Bertz CT molecular complexity index is 625. The van der Waals surface area contributed by atoms with Gasteiger partial charge in [0.05, 0.1) is 0 Å². The van der Waals surface area contributed by atoms with Crippen molar-refractivity contribution in [3.63, 3.8) is 0 Å². The van der Waals surface area contributed by atoms with Gasteiger partial charge in [-0.05, 0) is 49.2 Å². The van der Waals surface area contributed by atoms with Crippen molar-refractivity contribution in [3.8, 4) is 0 Å². The average Bonchev–Trinajstić information content (AvgIpc) is 2.52. The number of aryl methyl sites for hydroxylation is 1. The quantitative estimate of drug-likeness (QED) is 0.383. The van der Waals surface area contributed by atoms with Crippen molar-refractivity contribution >= 4 is 11.5 Å². The van der Waals surface area contributed by atoms with Gasteiger partial charge in [0.25, 0.3) is 0 Å². The third-order valence-electron chi connectivity index (χ3n) is 3.38. The highest BCUT2D eigenvalue weighted by atomic mass is 16.4. The minimum Gasteiger partial charge on any atom is -0.409 e. The number of aromatic nitrogens is 1. The molecular formula is C16H20N4O. The minimum atomic E-state index is 0.123. The Balaban J connectivity index is 2.39. The van der Waals surface area contributed by atoms with E-state index in [0.717, 1.165) is 29.9 Å². The van der Waals surface area contributed by atoms with Crippen LogP contribution in [0.1, 0.15) is 23.6 Å². The number of rotatable bonds is 5. The molecule has 110 valence electrons. The number of nitrogens with two attached hydrogens (primary N) is 1. The molecule has 0 spiro atoms. The molecule has 5 nitrogen and oxygen atoms in total. The third-order valence-corrected chi connectivity index (χ3v) is 3.38. The van der Waals surface area contributed by atoms with E-state index in [4.69, 9.17) is 10.9 Å². The largest absolute Gasteiger partial charge is 0.409 e. The van der Waals surface area contributed by atoms with E-state index in [1.54, 1.807) is 12.4 Å². The molecule has 21 heavy (non-hydrogen) atoms. The maximum atomic E-state index is 8.96. The number of anilines is 1. The van der Waals surface area contributed by atoms with Gasteiger partial charge in [-0.3, -0.25) is 4.98 Å². The Kier molecular flexibility index (Phi) is 4.77. The molecule has 0 aliphatic rings. The highest BCUT2D eigenvalue weighted by molar-refractivity contribution is 6.02. The molecule has 0 radical (unpaired) electrons. The van der Waals surface area contributed by atoms with Crippen molar-refractivity contribution in [1.82, 2.24) is 4.98 Å². The first kappa shape index (κ1) is 14.8. The second-order valence-corrected chi connectivity index (χ2v) is 4.88. The van der Waals surface area contributed by atoms with E-state index >= 15 is 0 Å². The van der Waals surface area contributed by atoms with Crippen molar-refractivity contribution in [2.24, 2.45) is 10.9 Å². The van der Waals surface area contributed by atoms with Gasteiger partial charge in [-0.25, -0.2) is 0 Å². The Labute approximate surface area is 124 Å². The lowest BCUT2D eigenvalue weighted by atomic mass is 10.1. The minimum absolute atomic E-state index is 0.123. The van der Waals surface area contributed by atoms with E-state index in [-0.39, 0.29) is 5.84 Å². The molecule has 1 aromatic heterocycles. The van der Waals surface area contributed by atoms with Gasteiger partial charge in [0.15, 0.2) is 5.84 Å². The summed E-state index contributed by atoms with van der Waals surface area (Å²) < 4.78 is 0. The predicted octanol–water partition coefficient (Wildman–Crippen LogP) is 2.51. The fraction of sp³-hybridized carbons (Fsp3) is 0.250. The van der Waals surface area contributed by atoms with Crippen molar-refractivity contribution in [2.45, 2.75) is 20.4 Å². The molecule has 2 rings (SSSR count). The predicted molar refractivity (Wildman–Crippen MR) is 84.7 cm³/mol. The maximum absolute atomic E-state index is 8.96. The van der Waals surface area contributed by atoms with Crippen LogP contribution in [0, 0.1) is 6.92 Å². The zero-order valence-electron chi connectivity index (χ0n) is 12.3. The summed E-state index contributed by atoms with van der Waals surface area (Å²) in [4.78, 5) is 6.22. The van der Waals surface area contributed by atoms with Gasteiger partial charge in [-0.2, -0.15) is 0 Å². The van der Waals surface area contributed by atoms with Crippen LogP contribution in [-0.2, 0) is 6.54 Å². The summed E-state index contributed by atoms with van der Waals surface area (Å²) in [6.45, 7) is 5.67. The summed E-state index contributed by atoms with van der Waals surface area (Å²) in [5.74, 6) is 0.123. The van der Waals surface area contributed by atoms with Crippen LogP contribution in [0.25, 0.3) is 0 Å². The van der Waals surface area contributed by atoms with Gasteiger partial charge in [0, 0.05) is 36.7 Å². The van der Waals surface area contributed by atoms with Gasteiger partial charge < -0.3 is 15.8 Å². The van der Waals surface area contributed by atoms with Crippen molar-refractivity contribution in [2.75, 3.05) is 11.4 Å². The average molecular weight is 284 g/mol. The van der Waals surface area contributed by atoms with E-state index in [0.29, 0.717) is 0 Å². The number of hydrogen-bond donors (Lipinski definition) is 2. The lowest BCUT2D eigenvalue weighted by Gasteiger charge is -2.26. The van der Waals surface area contributed by atoms with Gasteiger partial charge in [-0.15, -0.1) is 0 Å². The molecule has 3 N–H and O–H groups in total. The summed E-state index contributed by atoms with van der Waals surface area (Å²) in [6.07, 6.45) is 3.56. The molecule has 0 atom stereocenters. The Morgan fingerprint density at radius 2 is 2.00 bits per heavy atom. The Morgan fingerprint density at radius 1 is 1.29 bits per heavy atom. The van der Waals surface area contributed by atoms with E-state index < -0.39 is 0 Å². The summed E-state index contributed by atoms with van der Waals surface area (Å²) in [5.41, 5.74) is 9.79. The lowest BCUT2D eigenvalue weighted by Crippen LogP contribution is -2.26. The van der Waals surface area contributed by atoms with Crippen LogP contribution < -0.4 is 10.6 Å². The monoisotopic (exact) mass is 284 g/mol. The number of hydrogen-bond acceptors (Lipinski definition) is 4. The first-order valence-corrected chi connectivity index (χ1v) is 6.88. The van der Waals surface area contributed by atoms with E-state index in [9.17, 15) is 0 Å². The molecule has 1 heterocycles. The van der Waals surface area contributed by atoms with Crippen molar-refractivity contribution in [3.05, 3.63) is 59.4 Å². The normalized spacial score (nSPS) is 11.4. The summed E-state index contributed by atoms with van der Waals surface area (Å²) in [7, 11) is 0. The van der Waals surface area contributed by atoms with Crippen LogP contribution in [0.2, 0.25) is 0 Å². The molecule has 0 amide bonds. The fourth-order valence-electron chi connectivity index (χ4n) is 2.25. The SMILES string of the molecule is CCN(Cc1ccncc1)c1cc(C)ccc1C(N)=NO. The van der Waals surface area contributed by atoms with Gasteiger partial charge in [0.2, 0.25) is 0 Å². The molecule has 0 aliphatic heterocycles. The molecular weight excluding hydrogens is 264 g/mol. The fourth-order valence-corrected chi connectivity index (χ4v) is 2.25. The standard InChI is InChI=1S/C16H20N4O/c1-3-20(11-13-6-8-18-9-7-13)15-10-12(2)4-5-14(15)16(17)19-21/h4-10,21H,3,11H2,1-2H3,(H2,17,19). The number of pyridine rings is 1. The first-order chi connectivity index (χ1) is 10.2. The van der Waals surface area contributed by atoms with E-state index in [1.165, 1.54) is 5.56 Å². The summed E-state index contributed by atoms with van der Waals surface area (Å²) in [5, 5.41) is 12.1. The van der Waals surface area contributed by atoms with Crippen LogP contribution >= 0.6 is 0 Å². The summed E-state index contributed by atoms with van der Waals surface area (Å²) in [6, 6.07) is 9.87. The highest BCUT2D eigenvalue weighted by Gasteiger charge is 2.13. The number of benzene rings is 1. The van der Waals surface area contributed by atoms with Crippen LogP contribution in [0.15, 0.2) is 47.9 Å². The Morgan fingerprint density at radius 3 is 2.62 bits per heavy atom. The van der Waals surface area contributed by atoms with Crippen LogP contribution in [0.4, 0.5) is 5.69 Å². The van der Waals surface area contributed by atoms with Gasteiger partial charge in [-0.1, -0.05) is 11.2 Å². The smallest absolute Gasteiger partial charge is 0.172 e. The molecule has 1 aromatic carbocycles. The zero-order chi connectivity index (χ0) is 15.2. The van der Waals surface area contributed by atoms with Gasteiger partial charge >= 0.3 is 0 Å². The number of nitrogens with zero attached hydrogens (tertiary/aromatic N) is 3. The molecule has 0 bridgehead atoms. The molecule has 0 fully saturated rings. The Hall–Kier alpha value is -2.56. The maximum Gasteiger partial charge on any atom is 0.172 e. The lowest BCUT2D eigenvalue weighted by molar-refractivity contribution is 0.318. The third kappa shape index (κ3) is 3.51. The second-order valence-electron chi connectivity index (χ2n) is 4.88. The molecule has 0 saturated heterocycles. The molecule has 0 unspecified atom stereocenters. The zero-order valence-corrected chi connectivity index (χ0v) is 12.3. The molecule has 5 heteroatoms. The van der Waals surface area contributed by atoms with E-state index in [2.05, 4.69) is 28.0 Å². The van der Waals surface area contributed by atoms with E-state index in [1.807, 2.05) is 31.2 Å². The van der Waals surface area contributed by atoms with Crippen LogP contribution in [0.5, 0.6) is 0 Å². The second kappa shape index (κ2) is 6.74. The van der Waals surface area contributed by atoms with Crippen LogP contribution in [0.3, 0.4) is 0 Å². The summed E-state index contributed by atoms with van der Waals surface area (Å²) >= 11 is 0. The molecule has 0 aliphatic carbocycles.